The zero-order chi connectivity index (χ0) is 22.1. The molecule has 0 bridgehead atoms. The molecule has 0 amide bonds. The van der Waals surface area contributed by atoms with Crippen molar-refractivity contribution in [1.82, 2.24) is 15.1 Å². The first-order valence-corrected chi connectivity index (χ1v) is 9.34. The third-order valence-electron chi connectivity index (χ3n) is 4.93. The van der Waals surface area contributed by atoms with E-state index < -0.39 is 24.1 Å². The molecular weight excluding hydrogens is 419 g/mol. The predicted molar refractivity (Wildman–Crippen MR) is 104 cm³/mol. The number of nitrogens with zero attached hydrogens (tertiary/aromatic N) is 4. The number of alkyl halides is 2. The molecule has 5 nitrogen and oxygen atoms in total. The number of halogens is 5. The Bertz CT molecular complexity index is 1070. The van der Waals surface area contributed by atoms with Crippen LogP contribution in [0.2, 0.25) is 0 Å². The Labute approximate surface area is 174 Å². The van der Waals surface area contributed by atoms with Crippen molar-refractivity contribution in [3.8, 4) is 17.1 Å². The van der Waals surface area contributed by atoms with E-state index in [1.165, 1.54) is 30.3 Å². The smallest absolute Gasteiger partial charge is 0.388 e. The Balaban J connectivity index is 1.76. The van der Waals surface area contributed by atoms with Crippen LogP contribution < -0.4 is 9.64 Å². The van der Waals surface area contributed by atoms with Gasteiger partial charge >= 0.3 is 6.61 Å². The molecule has 0 fully saturated rings. The SMILES string of the molecule is CN1CCN(c2cc(F)cc(F)c2)c2ccc(-c3ccc(OC(F)F)nn3)c(F)c2C1. The fourth-order valence-electron chi connectivity index (χ4n) is 3.53. The van der Waals surface area contributed by atoms with E-state index in [2.05, 4.69) is 14.9 Å². The van der Waals surface area contributed by atoms with E-state index >= 15 is 4.39 Å². The molecule has 0 aliphatic carbocycles. The average molecular weight is 436 g/mol. The molecule has 31 heavy (non-hydrogen) atoms. The van der Waals surface area contributed by atoms with Crippen LogP contribution in [0.3, 0.4) is 0 Å². The Hall–Kier alpha value is -3.27. The molecule has 0 radical (unpaired) electrons. The van der Waals surface area contributed by atoms with E-state index in [4.69, 9.17) is 0 Å². The quantitative estimate of drug-likeness (QED) is 0.553. The van der Waals surface area contributed by atoms with Crippen molar-refractivity contribution in [1.29, 1.82) is 0 Å². The van der Waals surface area contributed by atoms with Crippen LogP contribution >= 0.6 is 0 Å². The summed E-state index contributed by atoms with van der Waals surface area (Å²) < 4.78 is 71.9. The van der Waals surface area contributed by atoms with Crippen LogP contribution in [0.1, 0.15) is 5.56 Å². The Morgan fingerprint density at radius 2 is 1.68 bits per heavy atom. The average Bonchev–Trinajstić information content (AvgIpc) is 2.87. The predicted octanol–water partition coefficient (Wildman–Crippen LogP) is 4.75. The summed E-state index contributed by atoms with van der Waals surface area (Å²) in [5.74, 6) is -2.42. The minimum atomic E-state index is -3.04. The normalized spacial score (nSPS) is 14.5. The maximum absolute atomic E-state index is 15.5. The molecule has 10 heteroatoms. The summed E-state index contributed by atoms with van der Waals surface area (Å²) in [6.07, 6.45) is 0. The Kier molecular flexibility index (Phi) is 5.73. The van der Waals surface area contributed by atoms with Crippen molar-refractivity contribution >= 4 is 11.4 Å². The van der Waals surface area contributed by atoms with Gasteiger partial charge in [0.15, 0.2) is 0 Å². The van der Waals surface area contributed by atoms with Gasteiger partial charge in [0.05, 0.1) is 5.69 Å². The lowest BCUT2D eigenvalue weighted by Crippen LogP contribution is -2.26. The summed E-state index contributed by atoms with van der Waals surface area (Å²) >= 11 is 0. The molecule has 3 aromatic rings. The van der Waals surface area contributed by atoms with Crippen molar-refractivity contribution < 1.29 is 26.7 Å². The monoisotopic (exact) mass is 436 g/mol. The van der Waals surface area contributed by atoms with Gasteiger partial charge in [0.25, 0.3) is 0 Å². The van der Waals surface area contributed by atoms with Crippen LogP contribution in [0.4, 0.5) is 33.3 Å². The van der Waals surface area contributed by atoms with Crippen molar-refractivity contribution in [3.63, 3.8) is 0 Å². The molecule has 0 unspecified atom stereocenters. The van der Waals surface area contributed by atoms with Gasteiger partial charge in [0.2, 0.25) is 5.88 Å². The lowest BCUT2D eigenvalue weighted by Gasteiger charge is -2.25. The van der Waals surface area contributed by atoms with Gasteiger partial charge < -0.3 is 14.5 Å². The second-order valence-corrected chi connectivity index (χ2v) is 7.08. The number of ether oxygens (including phenoxy) is 1. The van der Waals surface area contributed by atoms with Crippen LogP contribution in [0.15, 0.2) is 42.5 Å². The number of likely N-dealkylation sites (N-methyl/N-ethyl adjacent to an activating group) is 1. The lowest BCUT2D eigenvalue weighted by molar-refractivity contribution is -0.0534. The summed E-state index contributed by atoms with van der Waals surface area (Å²) in [5.41, 5.74) is 1.32. The van der Waals surface area contributed by atoms with Gasteiger partial charge in [-0.3, -0.25) is 0 Å². The van der Waals surface area contributed by atoms with Gasteiger partial charge in [0, 0.05) is 54.3 Å². The minimum absolute atomic E-state index is 0.121. The molecular formula is C21H17F5N4O. The van der Waals surface area contributed by atoms with Gasteiger partial charge in [-0.25, -0.2) is 13.2 Å². The van der Waals surface area contributed by atoms with Gasteiger partial charge in [-0.2, -0.15) is 8.78 Å². The third-order valence-corrected chi connectivity index (χ3v) is 4.93. The highest BCUT2D eigenvalue weighted by Crippen LogP contribution is 2.37. The molecule has 0 atom stereocenters. The standard InChI is InChI=1S/C21H17F5N4O/c1-29-6-7-30(14-9-12(22)8-13(23)10-14)18-4-2-15(20(24)16(18)11-29)17-3-5-19(28-27-17)31-21(25)26/h2-5,8-10,21H,6-7,11H2,1H3. The summed E-state index contributed by atoms with van der Waals surface area (Å²) in [7, 11) is 1.81. The van der Waals surface area contributed by atoms with Crippen LogP contribution in [-0.2, 0) is 6.54 Å². The molecule has 2 heterocycles. The molecule has 0 spiro atoms. The second-order valence-electron chi connectivity index (χ2n) is 7.08. The summed E-state index contributed by atoms with van der Waals surface area (Å²) in [4.78, 5) is 3.54. The number of benzene rings is 2. The number of anilines is 2. The van der Waals surface area contributed by atoms with E-state index in [1.54, 1.807) is 11.0 Å². The van der Waals surface area contributed by atoms with Crippen molar-refractivity contribution in [2.75, 3.05) is 25.0 Å². The van der Waals surface area contributed by atoms with E-state index in [1.807, 2.05) is 11.9 Å². The highest BCUT2D eigenvalue weighted by atomic mass is 19.3. The topological polar surface area (TPSA) is 41.5 Å². The number of aromatic nitrogens is 2. The first-order chi connectivity index (χ1) is 14.8. The van der Waals surface area contributed by atoms with Crippen molar-refractivity contribution in [2.45, 2.75) is 13.2 Å². The molecule has 0 saturated heterocycles. The van der Waals surface area contributed by atoms with Gasteiger partial charge in [0.1, 0.15) is 17.5 Å². The highest BCUT2D eigenvalue weighted by molar-refractivity contribution is 5.73. The molecule has 4 rings (SSSR count). The van der Waals surface area contributed by atoms with Crippen molar-refractivity contribution in [3.05, 3.63) is 65.5 Å². The zero-order valence-corrected chi connectivity index (χ0v) is 16.3. The lowest BCUT2D eigenvalue weighted by atomic mass is 10.0. The number of hydrogen-bond acceptors (Lipinski definition) is 5. The number of hydrogen-bond donors (Lipinski definition) is 0. The zero-order valence-electron chi connectivity index (χ0n) is 16.3. The number of rotatable bonds is 4. The molecule has 0 saturated carbocycles. The summed E-state index contributed by atoms with van der Waals surface area (Å²) in [6.45, 7) is -1.87. The largest absolute Gasteiger partial charge is 0.415 e. The minimum Gasteiger partial charge on any atom is -0.415 e. The molecule has 1 aliphatic rings. The number of fused-ring (bicyclic) bond motifs is 1. The van der Waals surface area contributed by atoms with Crippen LogP contribution in [0, 0.1) is 17.5 Å². The van der Waals surface area contributed by atoms with Crippen molar-refractivity contribution in [2.24, 2.45) is 0 Å². The van der Waals surface area contributed by atoms with Gasteiger partial charge in [-0.05, 0) is 37.4 Å². The highest BCUT2D eigenvalue weighted by Gasteiger charge is 2.25. The van der Waals surface area contributed by atoms with Gasteiger partial charge in [-0.1, -0.05) is 0 Å². The maximum Gasteiger partial charge on any atom is 0.388 e. The van der Waals surface area contributed by atoms with Gasteiger partial charge in [-0.15, -0.1) is 10.2 Å². The van der Waals surface area contributed by atoms with E-state index in [9.17, 15) is 17.6 Å². The van der Waals surface area contributed by atoms with Crippen LogP contribution in [0.25, 0.3) is 11.3 Å². The molecule has 1 aromatic heterocycles. The maximum atomic E-state index is 15.5. The van der Waals surface area contributed by atoms with Crippen LogP contribution in [-0.4, -0.2) is 41.8 Å². The Morgan fingerprint density at radius 1 is 0.935 bits per heavy atom. The van der Waals surface area contributed by atoms with E-state index in [-0.39, 0.29) is 29.4 Å². The summed E-state index contributed by atoms with van der Waals surface area (Å²) in [5, 5.41) is 7.32. The fourth-order valence-corrected chi connectivity index (χ4v) is 3.53. The van der Waals surface area contributed by atoms with Crippen LogP contribution in [0.5, 0.6) is 5.88 Å². The second kappa shape index (κ2) is 8.46. The van der Waals surface area contributed by atoms with E-state index in [0.717, 1.165) is 6.07 Å². The first kappa shape index (κ1) is 21.0. The fraction of sp³-hybridized carbons (Fsp3) is 0.238. The molecule has 2 aromatic carbocycles. The first-order valence-electron chi connectivity index (χ1n) is 9.34. The molecule has 0 N–H and O–H groups in total. The molecule has 162 valence electrons. The van der Waals surface area contributed by atoms with E-state index in [0.29, 0.717) is 24.3 Å². The third kappa shape index (κ3) is 4.43. The summed E-state index contributed by atoms with van der Waals surface area (Å²) in [6, 6.07) is 8.77. The Morgan fingerprint density at radius 3 is 2.32 bits per heavy atom. The molecule has 1 aliphatic heterocycles.